The fraction of sp³-hybridized carbons (Fsp3) is 0.417. The number of nitrogen functional groups attached to an aromatic ring is 1. The van der Waals surface area contributed by atoms with Crippen LogP contribution in [-0.2, 0) is 0 Å². The minimum atomic E-state index is -4.56. The van der Waals surface area contributed by atoms with Gasteiger partial charge in [0.1, 0.15) is 17.8 Å². The van der Waals surface area contributed by atoms with Gasteiger partial charge in [-0.05, 0) is 25.0 Å². The van der Waals surface area contributed by atoms with Gasteiger partial charge in [-0.1, -0.05) is 6.07 Å². The molecular formula is C12H12F3N3O3. The highest BCUT2D eigenvalue weighted by molar-refractivity contribution is 6.00. The Kier molecular flexibility index (Phi) is 3.75. The number of alkyl halides is 3. The number of carbonyl (C=O) groups excluding carboxylic acids is 1. The molecule has 1 aliphatic carbocycles. The molecule has 1 saturated carbocycles. The van der Waals surface area contributed by atoms with E-state index >= 15 is 0 Å². The molecule has 0 radical (unpaired) electrons. The third kappa shape index (κ3) is 3.41. The van der Waals surface area contributed by atoms with Crippen LogP contribution in [0.3, 0.4) is 0 Å². The Hall–Kier alpha value is -2.32. The highest BCUT2D eigenvalue weighted by Gasteiger charge is 2.42. The van der Waals surface area contributed by atoms with E-state index in [9.17, 15) is 28.1 Å². The summed E-state index contributed by atoms with van der Waals surface area (Å²) < 4.78 is 37.7. The molecule has 0 heterocycles. The molecule has 114 valence electrons. The lowest BCUT2D eigenvalue weighted by atomic mass is 10.1. The van der Waals surface area contributed by atoms with Crippen LogP contribution in [0.15, 0.2) is 18.2 Å². The van der Waals surface area contributed by atoms with Gasteiger partial charge >= 0.3 is 11.9 Å². The largest absolute Gasteiger partial charge is 0.406 e. The zero-order chi connectivity index (χ0) is 15.8. The molecule has 0 aromatic heterocycles. The molecule has 9 heteroatoms. The average Bonchev–Trinajstić information content (AvgIpc) is 3.17. The number of rotatable bonds is 4. The summed E-state index contributed by atoms with van der Waals surface area (Å²) in [7, 11) is 0. The van der Waals surface area contributed by atoms with Crippen molar-refractivity contribution in [3.8, 4) is 0 Å². The van der Waals surface area contributed by atoms with Gasteiger partial charge in [0.2, 0.25) is 0 Å². The average molecular weight is 303 g/mol. The third-order valence-corrected chi connectivity index (χ3v) is 3.08. The predicted octanol–water partition coefficient (Wildman–Crippen LogP) is 2.34. The van der Waals surface area contributed by atoms with E-state index in [4.69, 9.17) is 5.73 Å². The number of nitro benzene ring substituents is 1. The molecule has 2 rings (SSSR count). The van der Waals surface area contributed by atoms with Crippen molar-refractivity contribution in [2.24, 2.45) is 0 Å². The zero-order valence-corrected chi connectivity index (χ0v) is 10.8. The number of nitrogens with zero attached hydrogens (tertiary/aromatic N) is 2. The fourth-order valence-corrected chi connectivity index (χ4v) is 2.04. The monoisotopic (exact) mass is 303 g/mol. The molecule has 6 nitrogen and oxygen atoms in total. The van der Waals surface area contributed by atoms with Gasteiger partial charge in [-0.2, -0.15) is 13.2 Å². The van der Waals surface area contributed by atoms with Gasteiger partial charge in [0, 0.05) is 6.04 Å². The molecule has 1 aromatic carbocycles. The number of nitro groups is 1. The molecule has 0 atom stereocenters. The maximum atomic E-state index is 12.6. The number of carbonyl (C=O) groups is 1. The van der Waals surface area contributed by atoms with Crippen LogP contribution in [0.25, 0.3) is 0 Å². The Morgan fingerprint density at radius 3 is 2.52 bits per heavy atom. The molecule has 21 heavy (non-hydrogen) atoms. The summed E-state index contributed by atoms with van der Waals surface area (Å²) in [5, 5.41) is 11.0. The number of nitrogens with two attached hydrogens (primary N) is 1. The number of hydrogen-bond donors (Lipinski definition) is 1. The van der Waals surface area contributed by atoms with E-state index in [0.717, 1.165) is 6.07 Å². The zero-order valence-electron chi connectivity index (χ0n) is 10.8. The molecule has 0 bridgehead atoms. The van der Waals surface area contributed by atoms with Gasteiger partial charge in [0.25, 0.3) is 5.91 Å². The molecule has 0 aliphatic heterocycles. The lowest BCUT2D eigenvalue weighted by Crippen LogP contribution is -2.40. The number of halogens is 3. The van der Waals surface area contributed by atoms with E-state index in [-0.39, 0.29) is 5.69 Å². The predicted molar refractivity (Wildman–Crippen MR) is 67.6 cm³/mol. The van der Waals surface area contributed by atoms with Crippen molar-refractivity contribution in [2.45, 2.75) is 25.1 Å². The molecule has 0 saturated heterocycles. The number of para-hydroxylation sites is 1. The van der Waals surface area contributed by atoms with E-state index in [0.29, 0.717) is 17.7 Å². The Morgan fingerprint density at radius 2 is 2.05 bits per heavy atom. The molecule has 1 aromatic rings. The van der Waals surface area contributed by atoms with Gasteiger partial charge in [0.05, 0.1) is 4.92 Å². The van der Waals surface area contributed by atoms with Crippen molar-refractivity contribution in [1.82, 2.24) is 4.90 Å². The SMILES string of the molecule is Nc1cccc(C(=O)N(CC(F)(F)F)C2CC2)c1[N+](=O)[O-]. The van der Waals surface area contributed by atoms with Crippen LogP contribution in [0.5, 0.6) is 0 Å². The first-order chi connectivity index (χ1) is 9.70. The molecular weight excluding hydrogens is 291 g/mol. The third-order valence-electron chi connectivity index (χ3n) is 3.08. The maximum absolute atomic E-state index is 12.6. The van der Waals surface area contributed by atoms with Crippen molar-refractivity contribution >= 4 is 17.3 Å². The van der Waals surface area contributed by atoms with E-state index in [1.807, 2.05) is 0 Å². The molecule has 1 fully saturated rings. The Bertz CT molecular complexity index is 585. The smallest absolute Gasteiger partial charge is 0.393 e. The van der Waals surface area contributed by atoms with Gasteiger partial charge in [0.15, 0.2) is 0 Å². The van der Waals surface area contributed by atoms with Crippen molar-refractivity contribution < 1.29 is 22.9 Å². The Morgan fingerprint density at radius 1 is 1.43 bits per heavy atom. The van der Waals surface area contributed by atoms with Gasteiger partial charge in [-0.25, -0.2) is 0 Å². The highest BCUT2D eigenvalue weighted by Crippen LogP contribution is 2.34. The first kappa shape index (κ1) is 15.1. The van der Waals surface area contributed by atoms with Gasteiger partial charge in [-0.15, -0.1) is 0 Å². The van der Waals surface area contributed by atoms with Crippen LogP contribution in [0.4, 0.5) is 24.5 Å². The summed E-state index contributed by atoms with van der Waals surface area (Å²) in [6.45, 7) is -1.43. The maximum Gasteiger partial charge on any atom is 0.406 e. The summed E-state index contributed by atoms with van der Waals surface area (Å²) in [5.41, 5.74) is 4.11. The van der Waals surface area contributed by atoms with Crippen LogP contribution < -0.4 is 5.73 Å². The number of hydrogen-bond acceptors (Lipinski definition) is 4. The van der Waals surface area contributed by atoms with Gasteiger partial charge < -0.3 is 10.6 Å². The van der Waals surface area contributed by atoms with Crippen molar-refractivity contribution in [2.75, 3.05) is 12.3 Å². The van der Waals surface area contributed by atoms with Crippen LogP contribution in [-0.4, -0.2) is 34.5 Å². The summed E-state index contributed by atoms with van der Waals surface area (Å²) >= 11 is 0. The number of anilines is 1. The van der Waals surface area contributed by atoms with E-state index in [1.165, 1.54) is 12.1 Å². The van der Waals surface area contributed by atoms with E-state index < -0.39 is 40.8 Å². The van der Waals surface area contributed by atoms with E-state index in [1.54, 1.807) is 0 Å². The van der Waals surface area contributed by atoms with Crippen LogP contribution in [0, 0.1) is 10.1 Å². The fourth-order valence-electron chi connectivity index (χ4n) is 2.04. The second kappa shape index (κ2) is 5.23. The summed E-state index contributed by atoms with van der Waals surface area (Å²) in [4.78, 5) is 23.0. The number of amides is 1. The van der Waals surface area contributed by atoms with Gasteiger partial charge in [-0.3, -0.25) is 14.9 Å². The summed E-state index contributed by atoms with van der Waals surface area (Å²) in [5.74, 6) is -1.02. The molecule has 1 amide bonds. The quantitative estimate of drug-likeness (QED) is 0.525. The molecule has 0 unspecified atom stereocenters. The van der Waals surface area contributed by atoms with Crippen LogP contribution >= 0.6 is 0 Å². The van der Waals surface area contributed by atoms with Crippen molar-refractivity contribution in [3.63, 3.8) is 0 Å². The minimum Gasteiger partial charge on any atom is -0.393 e. The van der Waals surface area contributed by atoms with Crippen molar-refractivity contribution in [1.29, 1.82) is 0 Å². The first-order valence-corrected chi connectivity index (χ1v) is 6.11. The Balaban J connectivity index is 2.38. The lowest BCUT2D eigenvalue weighted by molar-refractivity contribution is -0.384. The highest BCUT2D eigenvalue weighted by atomic mass is 19.4. The first-order valence-electron chi connectivity index (χ1n) is 6.11. The van der Waals surface area contributed by atoms with Crippen molar-refractivity contribution in [3.05, 3.63) is 33.9 Å². The summed E-state index contributed by atoms with van der Waals surface area (Å²) in [6, 6.07) is 3.11. The normalized spacial score (nSPS) is 14.8. The molecule has 2 N–H and O–H groups in total. The molecule has 1 aliphatic rings. The molecule has 0 spiro atoms. The Labute approximate surface area is 117 Å². The van der Waals surface area contributed by atoms with Crippen LogP contribution in [0.1, 0.15) is 23.2 Å². The second-order valence-electron chi connectivity index (χ2n) is 4.78. The number of benzene rings is 1. The standard InChI is InChI=1S/C12H12F3N3O3/c13-12(14,15)6-17(7-4-5-7)11(19)8-2-1-3-9(16)10(8)18(20)21/h1-3,7H,4-6,16H2. The second-order valence-corrected chi connectivity index (χ2v) is 4.78. The minimum absolute atomic E-state index is 0.256. The lowest BCUT2D eigenvalue weighted by Gasteiger charge is -2.23. The van der Waals surface area contributed by atoms with E-state index in [2.05, 4.69) is 0 Å². The van der Waals surface area contributed by atoms with Crippen LogP contribution in [0.2, 0.25) is 0 Å². The summed E-state index contributed by atoms with van der Waals surface area (Å²) in [6.07, 6.45) is -3.65. The topological polar surface area (TPSA) is 89.5 Å².